The number of rotatable bonds is 4. The Balaban J connectivity index is 2.66. The smallest absolute Gasteiger partial charge is 0.226 e. The fourth-order valence-corrected chi connectivity index (χ4v) is 0.791. The molecule has 1 aromatic heterocycles. The van der Waals surface area contributed by atoms with Crippen molar-refractivity contribution in [3.05, 3.63) is 12.3 Å². The van der Waals surface area contributed by atoms with Crippen molar-refractivity contribution in [2.75, 3.05) is 19.0 Å². The van der Waals surface area contributed by atoms with E-state index in [2.05, 4.69) is 15.3 Å². The van der Waals surface area contributed by atoms with E-state index in [4.69, 9.17) is 9.84 Å². The molecule has 0 aliphatic rings. The third kappa shape index (κ3) is 2.87. The number of aliphatic hydroxyl groups is 1. The molecular formula is C8H13N3O2. The van der Waals surface area contributed by atoms with Gasteiger partial charge in [0.2, 0.25) is 11.8 Å². The minimum absolute atomic E-state index is 0.0422. The van der Waals surface area contributed by atoms with E-state index in [0.717, 1.165) is 0 Å². The molecule has 1 aromatic rings. The first kappa shape index (κ1) is 9.73. The van der Waals surface area contributed by atoms with Gasteiger partial charge in [0, 0.05) is 18.3 Å². The summed E-state index contributed by atoms with van der Waals surface area (Å²) in [6.45, 7) is 1.88. The van der Waals surface area contributed by atoms with Crippen LogP contribution in [-0.4, -0.2) is 34.8 Å². The summed E-state index contributed by atoms with van der Waals surface area (Å²) in [5.74, 6) is 0.962. The molecule has 1 unspecified atom stereocenters. The number of methoxy groups -OCH3 is 1. The van der Waals surface area contributed by atoms with E-state index in [0.29, 0.717) is 11.8 Å². The second-order valence-electron chi connectivity index (χ2n) is 2.65. The zero-order valence-electron chi connectivity index (χ0n) is 7.69. The van der Waals surface area contributed by atoms with Crippen LogP contribution in [0.25, 0.3) is 0 Å². The Morgan fingerprint density at radius 2 is 2.46 bits per heavy atom. The van der Waals surface area contributed by atoms with Gasteiger partial charge in [-0.05, 0) is 6.92 Å². The van der Waals surface area contributed by atoms with Crippen molar-refractivity contribution in [3.8, 4) is 5.88 Å². The Morgan fingerprint density at radius 3 is 3.08 bits per heavy atom. The summed E-state index contributed by atoms with van der Waals surface area (Å²) in [7, 11) is 1.54. The number of nitrogens with one attached hydrogen (secondary N) is 1. The first-order valence-corrected chi connectivity index (χ1v) is 4.00. The van der Waals surface area contributed by atoms with Crippen LogP contribution in [0.2, 0.25) is 0 Å². The van der Waals surface area contributed by atoms with Gasteiger partial charge in [-0.15, -0.1) is 0 Å². The molecule has 0 aliphatic heterocycles. The zero-order chi connectivity index (χ0) is 9.68. The highest BCUT2D eigenvalue weighted by Gasteiger charge is 2.02. The van der Waals surface area contributed by atoms with Gasteiger partial charge in [0.15, 0.2) is 0 Å². The van der Waals surface area contributed by atoms with Crippen molar-refractivity contribution < 1.29 is 9.84 Å². The van der Waals surface area contributed by atoms with Gasteiger partial charge < -0.3 is 15.2 Å². The van der Waals surface area contributed by atoms with Gasteiger partial charge in [-0.25, -0.2) is 4.98 Å². The van der Waals surface area contributed by atoms with E-state index < -0.39 is 0 Å². The predicted molar refractivity (Wildman–Crippen MR) is 48.8 cm³/mol. The van der Waals surface area contributed by atoms with E-state index in [9.17, 15) is 0 Å². The summed E-state index contributed by atoms with van der Waals surface area (Å²) in [4.78, 5) is 7.99. The van der Waals surface area contributed by atoms with Gasteiger partial charge >= 0.3 is 0 Å². The molecule has 0 bridgehead atoms. The highest BCUT2D eigenvalue weighted by atomic mass is 16.5. The minimum atomic E-state index is -0.0629. The van der Waals surface area contributed by atoms with Crippen LogP contribution in [0.15, 0.2) is 12.3 Å². The highest BCUT2D eigenvalue weighted by molar-refractivity contribution is 5.28. The van der Waals surface area contributed by atoms with Gasteiger partial charge in [-0.1, -0.05) is 0 Å². The van der Waals surface area contributed by atoms with Crippen LogP contribution >= 0.6 is 0 Å². The van der Waals surface area contributed by atoms with Crippen LogP contribution in [0.3, 0.4) is 0 Å². The second kappa shape index (κ2) is 4.61. The molecule has 0 fully saturated rings. The number of hydrogen-bond acceptors (Lipinski definition) is 5. The van der Waals surface area contributed by atoms with Crippen LogP contribution in [-0.2, 0) is 0 Å². The van der Waals surface area contributed by atoms with Crippen LogP contribution in [0.1, 0.15) is 6.92 Å². The van der Waals surface area contributed by atoms with Crippen LogP contribution in [0, 0.1) is 0 Å². The van der Waals surface area contributed by atoms with E-state index in [1.807, 2.05) is 6.92 Å². The van der Waals surface area contributed by atoms with Gasteiger partial charge in [0.1, 0.15) is 0 Å². The minimum Gasteiger partial charge on any atom is -0.481 e. The summed E-state index contributed by atoms with van der Waals surface area (Å²) >= 11 is 0. The average Bonchev–Trinajstić information content (AvgIpc) is 2.18. The molecule has 13 heavy (non-hydrogen) atoms. The largest absolute Gasteiger partial charge is 0.481 e. The van der Waals surface area contributed by atoms with E-state index >= 15 is 0 Å². The lowest BCUT2D eigenvalue weighted by Crippen LogP contribution is -2.20. The molecule has 0 saturated heterocycles. The van der Waals surface area contributed by atoms with E-state index in [-0.39, 0.29) is 12.6 Å². The Morgan fingerprint density at radius 1 is 1.69 bits per heavy atom. The summed E-state index contributed by atoms with van der Waals surface area (Å²) in [5.41, 5.74) is 0. The fourth-order valence-electron chi connectivity index (χ4n) is 0.791. The van der Waals surface area contributed by atoms with E-state index in [1.54, 1.807) is 19.4 Å². The van der Waals surface area contributed by atoms with Gasteiger partial charge in [0.05, 0.1) is 13.7 Å². The third-order valence-electron chi connectivity index (χ3n) is 1.49. The van der Waals surface area contributed by atoms with Gasteiger partial charge in [-0.2, -0.15) is 4.98 Å². The Bertz CT molecular complexity index is 267. The molecule has 0 saturated carbocycles. The lowest BCUT2D eigenvalue weighted by Gasteiger charge is -2.10. The number of aromatic nitrogens is 2. The summed E-state index contributed by atoms with van der Waals surface area (Å²) < 4.78 is 4.92. The maximum absolute atomic E-state index is 8.77. The maximum atomic E-state index is 8.77. The van der Waals surface area contributed by atoms with Crippen LogP contribution in [0.4, 0.5) is 5.95 Å². The van der Waals surface area contributed by atoms with Crippen molar-refractivity contribution in [2.24, 2.45) is 0 Å². The lowest BCUT2D eigenvalue weighted by atomic mass is 10.4. The molecule has 1 heterocycles. The number of hydrogen-bond donors (Lipinski definition) is 2. The monoisotopic (exact) mass is 183 g/mol. The highest BCUT2D eigenvalue weighted by Crippen LogP contribution is 2.07. The van der Waals surface area contributed by atoms with Gasteiger partial charge in [0.25, 0.3) is 0 Å². The summed E-state index contributed by atoms with van der Waals surface area (Å²) in [5, 5.41) is 11.7. The Kier molecular flexibility index (Phi) is 3.45. The van der Waals surface area contributed by atoms with E-state index in [1.165, 1.54) is 0 Å². The topological polar surface area (TPSA) is 67.3 Å². The van der Waals surface area contributed by atoms with Crippen molar-refractivity contribution >= 4 is 5.95 Å². The molecule has 2 N–H and O–H groups in total. The molecular weight excluding hydrogens is 170 g/mol. The normalized spacial score (nSPS) is 12.2. The van der Waals surface area contributed by atoms with Crippen molar-refractivity contribution in [1.82, 2.24) is 9.97 Å². The molecule has 0 radical (unpaired) electrons. The maximum Gasteiger partial charge on any atom is 0.226 e. The van der Waals surface area contributed by atoms with Crippen molar-refractivity contribution in [1.29, 1.82) is 0 Å². The van der Waals surface area contributed by atoms with Crippen molar-refractivity contribution in [3.63, 3.8) is 0 Å². The standard InChI is InChI=1S/C8H13N3O2/c1-6(5-12)10-8-9-4-3-7(11-8)13-2/h3-4,6,12H,5H2,1-2H3,(H,9,10,11). The Labute approximate surface area is 76.8 Å². The molecule has 0 aliphatic carbocycles. The molecule has 0 amide bonds. The van der Waals surface area contributed by atoms with Crippen LogP contribution < -0.4 is 10.1 Å². The number of anilines is 1. The average molecular weight is 183 g/mol. The van der Waals surface area contributed by atoms with Gasteiger partial charge in [-0.3, -0.25) is 0 Å². The molecule has 0 spiro atoms. The zero-order valence-corrected chi connectivity index (χ0v) is 7.69. The summed E-state index contributed by atoms with van der Waals surface area (Å²) in [6.07, 6.45) is 1.60. The molecule has 1 atom stereocenters. The molecule has 5 heteroatoms. The van der Waals surface area contributed by atoms with Crippen molar-refractivity contribution in [2.45, 2.75) is 13.0 Å². The van der Waals surface area contributed by atoms with Crippen LogP contribution in [0.5, 0.6) is 5.88 Å². The Hall–Kier alpha value is -1.36. The number of ether oxygens (including phenoxy) is 1. The first-order chi connectivity index (χ1) is 6.26. The molecule has 1 rings (SSSR count). The molecule has 72 valence electrons. The quantitative estimate of drug-likeness (QED) is 0.701. The lowest BCUT2D eigenvalue weighted by molar-refractivity contribution is 0.281. The first-order valence-electron chi connectivity index (χ1n) is 4.00. The third-order valence-corrected chi connectivity index (χ3v) is 1.49. The second-order valence-corrected chi connectivity index (χ2v) is 2.65. The summed E-state index contributed by atoms with van der Waals surface area (Å²) in [6, 6.07) is 1.60. The molecule has 0 aromatic carbocycles. The number of nitrogens with zero attached hydrogens (tertiary/aromatic N) is 2. The fraction of sp³-hybridized carbons (Fsp3) is 0.500. The molecule has 5 nitrogen and oxygen atoms in total. The number of aliphatic hydroxyl groups excluding tert-OH is 1. The predicted octanol–water partition coefficient (Wildman–Crippen LogP) is 0.278. The SMILES string of the molecule is COc1ccnc(NC(C)CO)n1.